The summed E-state index contributed by atoms with van der Waals surface area (Å²) in [5.74, 6) is 0.564. The molecule has 1 aromatic heterocycles. The molecule has 0 amide bonds. The van der Waals surface area contributed by atoms with Gasteiger partial charge in [-0.2, -0.15) is 0 Å². The highest BCUT2D eigenvalue weighted by molar-refractivity contribution is 7.91. The Morgan fingerprint density at radius 1 is 1.37 bits per heavy atom. The molecular formula is C20H26N4O2S. The lowest BCUT2D eigenvalue weighted by Gasteiger charge is -2.17. The molecule has 0 unspecified atom stereocenters. The fraction of sp³-hybridized carbons (Fsp3) is 0.450. The van der Waals surface area contributed by atoms with Gasteiger partial charge in [0.05, 0.1) is 29.7 Å². The molecule has 3 heterocycles. The number of nitrogens with one attached hydrogen (secondary N) is 1. The molecular weight excluding hydrogens is 360 g/mol. The molecule has 1 saturated heterocycles. The highest BCUT2D eigenvalue weighted by Gasteiger charge is 2.27. The van der Waals surface area contributed by atoms with Gasteiger partial charge in [-0.05, 0) is 30.5 Å². The topological polar surface area (TPSA) is 67.2 Å². The lowest BCUT2D eigenvalue weighted by molar-refractivity contribution is 0.521. The Bertz CT molecular complexity index is 935. The smallest absolute Gasteiger partial charge is 0.151 e. The van der Waals surface area contributed by atoms with E-state index in [1.807, 2.05) is 18.6 Å². The zero-order chi connectivity index (χ0) is 18.9. The predicted octanol–water partition coefficient (Wildman–Crippen LogP) is 1.88. The third kappa shape index (κ3) is 3.94. The van der Waals surface area contributed by atoms with Gasteiger partial charge in [0.2, 0.25) is 0 Å². The van der Waals surface area contributed by atoms with Gasteiger partial charge in [0.1, 0.15) is 0 Å². The molecule has 2 aliphatic rings. The lowest BCUT2D eigenvalue weighted by atomic mass is 10.1. The maximum absolute atomic E-state index is 11.6. The molecule has 0 bridgehead atoms. The Kier molecular flexibility index (Phi) is 5.06. The summed E-state index contributed by atoms with van der Waals surface area (Å²) in [6.45, 7) is 7.27. The van der Waals surface area contributed by atoms with E-state index in [0.29, 0.717) is 12.2 Å². The van der Waals surface area contributed by atoms with E-state index in [4.69, 9.17) is 0 Å². The molecule has 1 atom stereocenters. The van der Waals surface area contributed by atoms with Crippen molar-refractivity contribution >= 4 is 15.5 Å². The minimum Gasteiger partial charge on any atom is -0.367 e. The number of hydrogen-bond donors (Lipinski definition) is 1. The Hall–Kier alpha value is -2.12. The molecule has 2 aliphatic heterocycles. The first-order chi connectivity index (χ1) is 13.1. The maximum atomic E-state index is 11.6. The number of sulfone groups is 1. The van der Waals surface area contributed by atoms with Crippen molar-refractivity contribution < 1.29 is 8.42 Å². The molecule has 144 valence electrons. The van der Waals surface area contributed by atoms with Crippen molar-refractivity contribution in [2.45, 2.75) is 25.4 Å². The summed E-state index contributed by atoms with van der Waals surface area (Å²) in [6.07, 6.45) is 7.46. The fourth-order valence-electron chi connectivity index (χ4n) is 4.06. The molecule has 27 heavy (non-hydrogen) atoms. The van der Waals surface area contributed by atoms with Crippen LogP contribution in [-0.4, -0.2) is 55.2 Å². The maximum Gasteiger partial charge on any atom is 0.151 e. The molecule has 1 aromatic carbocycles. The molecule has 4 rings (SSSR count). The summed E-state index contributed by atoms with van der Waals surface area (Å²) in [6, 6.07) is 6.70. The molecule has 0 radical (unpaired) electrons. The van der Waals surface area contributed by atoms with Gasteiger partial charge in [0.25, 0.3) is 0 Å². The number of anilines is 1. The molecule has 0 spiro atoms. The van der Waals surface area contributed by atoms with Gasteiger partial charge in [-0.3, -0.25) is 0 Å². The van der Waals surface area contributed by atoms with Gasteiger partial charge in [0, 0.05) is 43.5 Å². The van der Waals surface area contributed by atoms with Crippen LogP contribution >= 0.6 is 0 Å². The van der Waals surface area contributed by atoms with Crippen LogP contribution in [-0.2, 0) is 22.8 Å². The molecule has 6 nitrogen and oxygen atoms in total. The van der Waals surface area contributed by atoms with Crippen molar-refractivity contribution in [1.82, 2.24) is 14.9 Å². The van der Waals surface area contributed by atoms with Crippen LogP contribution in [0.25, 0.3) is 11.3 Å². The lowest BCUT2D eigenvalue weighted by Crippen LogP contribution is -2.32. The highest BCUT2D eigenvalue weighted by Crippen LogP contribution is 2.32. The Morgan fingerprint density at radius 3 is 3.04 bits per heavy atom. The van der Waals surface area contributed by atoms with Gasteiger partial charge in [0.15, 0.2) is 9.84 Å². The van der Waals surface area contributed by atoms with E-state index in [1.165, 1.54) is 16.8 Å². The summed E-state index contributed by atoms with van der Waals surface area (Å²) < 4.78 is 25.3. The van der Waals surface area contributed by atoms with Crippen LogP contribution < -0.4 is 10.2 Å². The van der Waals surface area contributed by atoms with Gasteiger partial charge >= 0.3 is 0 Å². The minimum atomic E-state index is -2.84. The molecule has 0 saturated carbocycles. The minimum absolute atomic E-state index is 0.0813. The van der Waals surface area contributed by atoms with E-state index in [9.17, 15) is 8.42 Å². The summed E-state index contributed by atoms with van der Waals surface area (Å²) in [5.41, 5.74) is 4.95. The Balaban J connectivity index is 1.42. The second kappa shape index (κ2) is 7.48. The third-order valence-corrected chi connectivity index (χ3v) is 7.21. The zero-order valence-corrected chi connectivity index (χ0v) is 16.3. The van der Waals surface area contributed by atoms with Crippen molar-refractivity contribution in [3.63, 3.8) is 0 Å². The van der Waals surface area contributed by atoms with E-state index in [0.717, 1.165) is 38.3 Å². The van der Waals surface area contributed by atoms with Crippen LogP contribution in [0, 0.1) is 0 Å². The van der Waals surface area contributed by atoms with E-state index < -0.39 is 9.84 Å². The van der Waals surface area contributed by atoms with Crippen molar-refractivity contribution in [2.24, 2.45) is 0 Å². The number of benzene rings is 1. The second-order valence-corrected chi connectivity index (χ2v) is 9.58. The normalized spacial score (nSPS) is 20.7. The van der Waals surface area contributed by atoms with Crippen LogP contribution in [0.5, 0.6) is 0 Å². The quantitative estimate of drug-likeness (QED) is 0.736. The van der Waals surface area contributed by atoms with E-state index >= 15 is 0 Å². The number of nitrogens with zero attached hydrogens (tertiary/aromatic N) is 3. The molecule has 1 fully saturated rings. The van der Waals surface area contributed by atoms with Crippen molar-refractivity contribution in [3.8, 4) is 11.3 Å². The number of rotatable bonds is 7. The first kappa shape index (κ1) is 18.3. The Labute approximate surface area is 160 Å². The van der Waals surface area contributed by atoms with E-state index in [-0.39, 0.29) is 11.8 Å². The average molecular weight is 387 g/mol. The van der Waals surface area contributed by atoms with Gasteiger partial charge in [-0.15, -0.1) is 6.58 Å². The highest BCUT2D eigenvalue weighted by atomic mass is 32.2. The molecule has 2 aromatic rings. The predicted molar refractivity (Wildman–Crippen MR) is 109 cm³/mol. The fourth-order valence-corrected chi connectivity index (χ4v) is 5.77. The van der Waals surface area contributed by atoms with E-state index in [2.05, 4.69) is 44.5 Å². The number of aromatic nitrogens is 2. The van der Waals surface area contributed by atoms with E-state index in [1.54, 1.807) is 0 Å². The summed E-state index contributed by atoms with van der Waals surface area (Å²) in [7, 11) is -2.84. The van der Waals surface area contributed by atoms with Crippen LogP contribution in [0.1, 0.15) is 12.0 Å². The summed E-state index contributed by atoms with van der Waals surface area (Å²) in [4.78, 5) is 6.68. The molecule has 0 aliphatic carbocycles. The second-order valence-electron chi connectivity index (χ2n) is 7.35. The monoisotopic (exact) mass is 386 g/mol. The van der Waals surface area contributed by atoms with Crippen LogP contribution in [0.15, 0.2) is 43.4 Å². The third-order valence-electron chi connectivity index (χ3n) is 5.45. The largest absolute Gasteiger partial charge is 0.367 e. The first-order valence-electron chi connectivity index (χ1n) is 9.49. The van der Waals surface area contributed by atoms with Gasteiger partial charge in [-0.1, -0.05) is 12.1 Å². The van der Waals surface area contributed by atoms with Crippen molar-refractivity contribution in [3.05, 3.63) is 48.9 Å². The summed E-state index contributed by atoms with van der Waals surface area (Å²) in [5, 5.41) is 3.37. The summed E-state index contributed by atoms with van der Waals surface area (Å²) >= 11 is 0. The molecule has 1 N–H and O–H groups in total. The SMILES string of the molecule is C=CCN1CCc2cc(-c3cncn3CCN[C@H]3CCS(=O)(=O)C3)ccc21. The molecule has 7 heteroatoms. The van der Waals surface area contributed by atoms with Gasteiger partial charge in [-0.25, -0.2) is 13.4 Å². The van der Waals surface area contributed by atoms with Crippen LogP contribution in [0.3, 0.4) is 0 Å². The Morgan fingerprint density at radius 2 is 2.26 bits per heavy atom. The first-order valence-corrected chi connectivity index (χ1v) is 11.3. The average Bonchev–Trinajstić information content (AvgIpc) is 3.34. The standard InChI is InChI=1S/C20H26N4O2S/c1-2-8-23-9-5-17-12-16(3-4-19(17)23)20-13-21-15-24(20)10-7-22-18-6-11-27(25,26)14-18/h2-4,12-13,15,18,22H,1,5-11,14H2/t18-/m0/s1. The number of imidazole rings is 1. The van der Waals surface area contributed by atoms with Crippen LogP contribution in [0.2, 0.25) is 0 Å². The van der Waals surface area contributed by atoms with Crippen molar-refractivity contribution in [2.75, 3.05) is 36.0 Å². The van der Waals surface area contributed by atoms with Crippen molar-refractivity contribution in [1.29, 1.82) is 0 Å². The van der Waals surface area contributed by atoms with Gasteiger partial charge < -0.3 is 14.8 Å². The number of fused-ring (bicyclic) bond motifs is 1. The zero-order valence-electron chi connectivity index (χ0n) is 15.5. The van der Waals surface area contributed by atoms with Crippen LogP contribution in [0.4, 0.5) is 5.69 Å². The number of hydrogen-bond acceptors (Lipinski definition) is 5.